The third-order valence-electron chi connectivity index (χ3n) is 6.26. The summed E-state index contributed by atoms with van der Waals surface area (Å²) in [5.41, 5.74) is 2.68. The molecule has 2 aromatic rings. The molecule has 3 heterocycles. The summed E-state index contributed by atoms with van der Waals surface area (Å²) in [6, 6.07) is 3.80. The first-order valence-corrected chi connectivity index (χ1v) is 10.4. The Bertz CT molecular complexity index is 928. The predicted octanol–water partition coefficient (Wildman–Crippen LogP) is 3.67. The quantitative estimate of drug-likeness (QED) is 0.765. The van der Waals surface area contributed by atoms with Crippen LogP contribution in [0.25, 0.3) is 0 Å². The van der Waals surface area contributed by atoms with Crippen LogP contribution in [0.2, 0.25) is 0 Å². The molecule has 0 radical (unpaired) electrons. The summed E-state index contributed by atoms with van der Waals surface area (Å²) in [4.78, 5) is 23.7. The van der Waals surface area contributed by atoms with E-state index in [9.17, 15) is 4.79 Å². The Balaban J connectivity index is 0.00000171. The smallest absolute Gasteiger partial charge is 0.271 e. The van der Waals surface area contributed by atoms with Crippen molar-refractivity contribution in [3.63, 3.8) is 0 Å². The lowest BCUT2D eigenvalue weighted by Crippen LogP contribution is -2.60. The van der Waals surface area contributed by atoms with E-state index in [1.165, 1.54) is 19.3 Å². The van der Waals surface area contributed by atoms with Crippen molar-refractivity contribution in [3.05, 3.63) is 29.1 Å². The molecule has 8 nitrogen and oxygen atoms in total. The maximum atomic E-state index is 12.1. The molecule has 1 saturated heterocycles. The van der Waals surface area contributed by atoms with Crippen molar-refractivity contribution < 1.29 is 7.65 Å². The molecule has 2 N–H and O–H groups in total. The minimum atomic E-state index is -0.220. The summed E-state index contributed by atoms with van der Waals surface area (Å²) in [5, 5.41) is 14.3. The molecule has 1 aliphatic carbocycles. The number of rotatable bonds is 6. The summed E-state index contributed by atoms with van der Waals surface area (Å²) in [6.45, 7) is 8.25. The summed E-state index contributed by atoms with van der Waals surface area (Å²) in [6.07, 6.45) is 4.90. The van der Waals surface area contributed by atoms with E-state index >= 15 is 0 Å². The van der Waals surface area contributed by atoms with E-state index in [0.717, 1.165) is 36.7 Å². The Morgan fingerprint density at radius 2 is 2.00 bits per heavy atom. The Hall–Kier alpha value is -2.77. The minimum Gasteiger partial charge on any atom is -0.354 e. The van der Waals surface area contributed by atoms with Crippen LogP contribution in [-0.2, 0) is 0 Å². The monoisotopic (exact) mass is 399 g/mol. The standard InChI is InChI=1S/C21H29N7O.2H2/c1-5-13(2)15-10-17(26-27-18(15)19(29)22-4)24-16-9-14(3)23-20(25-16)28-11-21(12-28)7-6-8-21;;/h9-10,13H,5-8,11-12H2,1-4H3,(H,22,29)(H,23,24,25,26);2*1H. The molecule has 0 bridgehead atoms. The van der Waals surface area contributed by atoms with Crippen LogP contribution in [0, 0.1) is 12.3 Å². The summed E-state index contributed by atoms with van der Waals surface area (Å²) < 4.78 is 0. The summed E-state index contributed by atoms with van der Waals surface area (Å²) in [7, 11) is 1.60. The molecule has 1 atom stereocenters. The van der Waals surface area contributed by atoms with Crippen LogP contribution in [0.4, 0.5) is 17.6 Å². The minimum absolute atomic E-state index is 0. The first-order valence-electron chi connectivity index (χ1n) is 10.4. The Morgan fingerprint density at radius 1 is 1.24 bits per heavy atom. The SMILES string of the molecule is CCC(C)c1cc(Nc2cc(C)nc(N3CC4(CCC4)C3)n2)nnc1C(=O)NC.[HH].[HH]. The lowest BCUT2D eigenvalue weighted by atomic mass is 9.64. The third kappa shape index (κ3) is 3.75. The normalized spacial score (nSPS) is 18.0. The third-order valence-corrected chi connectivity index (χ3v) is 6.26. The van der Waals surface area contributed by atoms with E-state index in [1.807, 2.05) is 19.1 Å². The van der Waals surface area contributed by atoms with Gasteiger partial charge in [0.15, 0.2) is 11.5 Å². The van der Waals surface area contributed by atoms with Crippen LogP contribution in [-0.4, -0.2) is 46.2 Å². The van der Waals surface area contributed by atoms with Crippen molar-refractivity contribution in [2.75, 3.05) is 30.4 Å². The lowest BCUT2D eigenvalue weighted by Gasteiger charge is -2.55. The average molecular weight is 400 g/mol. The topological polar surface area (TPSA) is 95.9 Å². The molecule has 8 heteroatoms. The van der Waals surface area contributed by atoms with Crippen molar-refractivity contribution in [3.8, 4) is 0 Å². The van der Waals surface area contributed by atoms with Gasteiger partial charge in [0.1, 0.15) is 5.82 Å². The average Bonchev–Trinajstić information content (AvgIpc) is 2.64. The van der Waals surface area contributed by atoms with Crippen molar-refractivity contribution in [2.24, 2.45) is 5.41 Å². The number of amides is 1. The number of nitrogens with zero attached hydrogens (tertiary/aromatic N) is 5. The van der Waals surface area contributed by atoms with Gasteiger partial charge in [0.25, 0.3) is 5.91 Å². The first kappa shape index (κ1) is 19.5. The van der Waals surface area contributed by atoms with Crippen LogP contribution in [0.3, 0.4) is 0 Å². The van der Waals surface area contributed by atoms with E-state index in [4.69, 9.17) is 4.98 Å². The van der Waals surface area contributed by atoms with Crippen molar-refractivity contribution in [2.45, 2.75) is 52.4 Å². The van der Waals surface area contributed by atoms with Crippen molar-refractivity contribution in [1.29, 1.82) is 0 Å². The van der Waals surface area contributed by atoms with E-state index in [-0.39, 0.29) is 14.7 Å². The van der Waals surface area contributed by atoms with Crippen LogP contribution in [0.1, 0.15) is 70.0 Å². The second-order valence-electron chi connectivity index (χ2n) is 8.45. The lowest BCUT2D eigenvalue weighted by molar-refractivity contribution is 0.0888. The number of carbonyl (C=O) groups excluding carboxylic acids is 1. The van der Waals surface area contributed by atoms with Gasteiger partial charge in [-0.15, -0.1) is 10.2 Å². The second-order valence-corrected chi connectivity index (χ2v) is 8.45. The molecule has 2 fully saturated rings. The van der Waals surface area contributed by atoms with Crippen molar-refractivity contribution in [1.82, 2.24) is 25.5 Å². The summed E-state index contributed by atoms with van der Waals surface area (Å²) in [5.74, 6) is 2.01. The van der Waals surface area contributed by atoms with Crippen LogP contribution in [0.5, 0.6) is 0 Å². The van der Waals surface area contributed by atoms with E-state index in [2.05, 4.69) is 44.6 Å². The molecule has 29 heavy (non-hydrogen) atoms. The first-order chi connectivity index (χ1) is 13.9. The van der Waals surface area contributed by atoms with Crippen molar-refractivity contribution >= 4 is 23.5 Å². The number of carbonyl (C=O) groups is 1. The highest BCUT2D eigenvalue weighted by Crippen LogP contribution is 2.48. The molecule has 1 spiro atoms. The van der Waals surface area contributed by atoms with E-state index in [1.54, 1.807) is 7.05 Å². The molecule has 1 unspecified atom stereocenters. The fraction of sp³-hybridized carbons (Fsp3) is 0.571. The maximum Gasteiger partial charge on any atom is 0.271 e. The highest BCUT2D eigenvalue weighted by molar-refractivity contribution is 5.93. The number of anilines is 3. The molecule has 1 amide bonds. The van der Waals surface area contributed by atoms with Crippen LogP contribution < -0.4 is 15.5 Å². The number of nitrogens with one attached hydrogen (secondary N) is 2. The molecular formula is C21H33N7O. The highest BCUT2D eigenvalue weighted by Gasteiger charge is 2.48. The number of hydrogen-bond donors (Lipinski definition) is 2. The molecule has 1 saturated carbocycles. The zero-order valence-corrected chi connectivity index (χ0v) is 17.6. The van der Waals surface area contributed by atoms with Gasteiger partial charge in [0.2, 0.25) is 5.95 Å². The van der Waals surface area contributed by atoms with Gasteiger partial charge >= 0.3 is 0 Å². The molecule has 2 aliphatic rings. The number of hydrogen-bond acceptors (Lipinski definition) is 7. The zero-order valence-electron chi connectivity index (χ0n) is 17.6. The van der Waals surface area contributed by atoms with Gasteiger partial charge in [0, 0.05) is 40.2 Å². The highest BCUT2D eigenvalue weighted by atomic mass is 16.1. The largest absolute Gasteiger partial charge is 0.354 e. The summed E-state index contributed by atoms with van der Waals surface area (Å²) >= 11 is 0. The van der Waals surface area contributed by atoms with E-state index < -0.39 is 0 Å². The van der Waals surface area contributed by atoms with Gasteiger partial charge in [-0.1, -0.05) is 20.3 Å². The predicted molar refractivity (Wildman–Crippen MR) is 117 cm³/mol. The molecule has 2 aromatic heterocycles. The van der Waals surface area contributed by atoms with Crippen LogP contribution >= 0.6 is 0 Å². The number of aryl methyl sites for hydroxylation is 1. The zero-order chi connectivity index (χ0) is 20.6. The van der Waals surface area contributed by atoms with Gasteiger partial charge in [-0.3, -0.25) is 4.79 Å². The fourth-order valence-electron chi connectivity index (χ4n) is 4.15. The number of aromatic nitrogens is 4. The molecular weight excluding hydrogens is 366 g/mol. The van der Waals surface area contributed by atoms with Gasteiger partial charge < -0.3 is 15.5 Å². The molecule has 1 aliphatic heterocycles. The van der Waals surface area contributed by atoms with Gasteiger partial charge in [-0.25, -0.2) is 4.98 Å². The Labute approximate surface area is 174 Å². The molecule has 4 rings (SSSR count). The Morgan fingerprint density at radius 3 is 2.62 bits per heavy atom. The van der Waals surface area contributed by atoms with Crippen LogP contribution in [0.15, 0.2) is 12.1 Å². The Kier molecular flexibility index (Phi) is 5.10. The van der Waals surface area contributed by atoms with Gasteiger partial charge in [0.05, 0.1) is 0 Å². The second kappa shape index (κ2) is 7.57. The molecule has 0 aromatic carbocycles. The molecule has 158 valence electrons. The van der Waals surface area contributed by atoms with Gasteiger partial charge in [-0.2, -0.15) is 4.98 Å². The van der Waals surface area contributed by atoms with Gasteiger partial charge in [-0.05, 0) is 43.7 Å². The van der Waals surface area contributed by atoms with E-state index in [0.29, 0.717) is 22.7 Å². The maximum absolute atomic E-state index is 12.1. The fourth-order valence-corrected chi connectivity index (χ4v) is 4.15.